The Morgan fingerprint density at radius 3 is 2.86 bits per heavy atom. The van der Waals surface area contributed by atoms with Crippen molar-refractivity contribution in [3.8, 4) is 0 Å². The number of pyridine rings is 1. The molecule has 9 heteroatoms. The van der Waals surface area contributed by atoms with Crippen LogP contribution in [0.5, 0.6) is 0 Å². The molecule has 1 amide bonds. The van der Waals surface area contributed by atoms with Gasteiger partial charge in [-0.3, -0.25) is 4.79 Å². The maximum absolute atomic E-state index is 12.7. The lowest BCUT2D eigenvalue weighted by Gasteiger charge is -2.30. The number of nitrogens with one attached hydrogen (secondary N) is 1. The highest BCUT2D eigenvalue weighted by Gasteiger charge is 2.30. The largest absolute Gasteiger partial charge is 0.351 e. The maximum Gasteiger partial charge on any atom is 0.272 e. The van der Waals surface area contributed by atoms with Gasteiger partial charge in [-0.05, 0) is 52.0 Å². The van der Waals surface area contributed by atoms with Gasteiger partial charge in [-0.1, -0.05) is 6.07 Å². The molecule has 1 saturated heterocycles. The SMILES string of the molecule is CN(C)CCCNC(=O)c1nc([C@H]2CCCN(S(C)(=O)=O)C2)n2ccccc12. The fraction of sp³-hybridized carbons (Fsp3) is 0.579. The van der Waals surface area contributed by atoms with Gasteiger partial charge in [-0.25, -0.2) is 17.7 Å². The molecule has 0 saturated carbocycles. The number of hydrogen-bond acceptors (Lipinski definition) is 5. The van der Waals surface area contributed by atoms with Crippen LogP contribution < -0.4 is 5.32 Å². The zero-order valence-corrected chi connectivity index (χ0v) is 17.6. The average molecular weight is 408 g/mol. The van der Waals surface area contributed by atoms with Crippen molar-refractivity contribution in [1.29, 1.82) is 0 Å². The summed E-state index contributed by atoms with van der Waals surface area (Å²) >= 11 is 0. The second-order valence-electron chi connectivity index (χ2n) is 7.65. The standard InChI is InChI=1S/C19H29N5O3S/c1-22(2)11-7-10-20-19(25)17-16-9-4-5-13-24(16)18(21-17)15-8-6-12-23(14-15)28(3,26)27/h4-5,9,13,15H,6-8,10-12,14H2,1-3H3,(H,20,25)/t15-/m0/s1. The number of rotatable bonds is 7. The third-order valence-corrected chi connectivity index (χ3v) is 6.35. The van der Waals surface area contributed by atoms with Crippen molar-refractivity contribution >= 4 is 21.4 Å². The van der Waals surface area contributed by atoms with Crippen molar-refractivity contribution in [3.05, 3.63) is 35.9 Å². The number of amides is 1. The second-order valence-corrected chi connectivity index (χ2v) is 9.63. The van der Waals surface area contributed by atoms with Crippen LogP contribution in [-0.2, 0) is 10.0 Å². The van der Waals surface area contributed by atoms with Crippen LogP contribution in [0.4, 0.5) is 0 Å². The number of carbonyl (C=O) groups is 1. The molecule has 1 N–H and O–H groups in total. The van der Waals surface area contributed by atoms with Crippen LogP contribution in [0.25, 0.3) is 5.52 Å². The minimum Gasteiger partial charge on any atom is -0.351 e. The summed E-state index contributed by atoms with van der Waals surface area (Å²) in [5.41, 5.74) is 1.15. The smallest absolute Gasteiger partial charge is 0.272 e. The molecule has 1 atom stereocenters. The van der Waals surface area contributed by atoms with E-state index in [2.05, 4.69) is 15.2 Å². The average Bonchev–Trinajstić information content (AvgIpc) is 3.04. The van der Waals surface area contributed by atoms with E-state index in [1.165, 1.54) is 10.6 Å². The van der Waals surface area contributed by atoms with Gasteiger partial charge in [0, 0.05) is 31.7 Å². The summed E-state index contributed by atoms with van der Waals surface area (Å²) in [7, 11) is 0.763. The molecule has 0 unspecified atom stereocenters. The van der Waals surface area contributed by atoms with Crippen LogP contribution in [0.15, 0.2) is 24.4 Å². The molecule has 28 heavy (non-hydrogen) atoms. The number of carbonyl (C=O) groups excluding carboxylic acids is 1. The van der Waals surface area contributed by atoms with Crippen LogP contribution in [0.2, 0.25) is 0 Å². The van der Waals surface area contributed by atoms with Crippen LogP contribution in [-0.4, -0.2) is 79.4 Å². The highest BCUT2D eigenvalue weighted by molar-refractivity contribution is 7.88. The predicted octanol–water partition coefficient (Wildman–Crippen LogP) is 1.15. The number of fused-ring (bicyclic) bond motifs is 1. The van der Waals surface area contributed by atoms with Crippen molar-refractivity contribution < 1.29 is 13.2 Å². The van der Waals surface area contributed by atoms with E-state index in [9.17, 15) is 13.2 Å². The van der Waals surface area contributed by atoms with Crippen molar-refractivity contribution in [2.45, 2.75) is 25.2 Å². The fourth-order valence-electron chi connectivity index (χ4n) is 3.65. The second kappa shape index (κ2) is 8.59. The summed E-state index contributed by atoms with van der Waals surface area (Å²) in [5, 5.41) is 2.95. The fourth-order valence-corrected chi connectivity index (χ4v) is 4.56. The highest BCUT2D eigenvalue weighted by atomic mass is 32.2. The van der Waals surface area contributed by atoms with Crippen LogP contribution >= 0.6 is 0 Å². The Morgan fingerprint density at radius 2 is 2.14 bits per heavy atom. The number of hydrogen-bond donors (Lipinski definition) is 1. The third-order valence-electron chi connectivity index (χ3n) is 5.08. The first-order valence-electron chi connectivity index (χ1n) is 9.62. The number of aromatic nitrogens is 2. The summed E-state index contributed by atoms with van der Waals surface area (Å²) in [4.78, 5) is 19.5. The molecule has 2 aromatic rings. The summed E-state index contributed by atoms with van der Waals surface area (Å²) < 4.78 is 27.4. The Hall–Kier alpha value is -1.97. The zero-order valence-electron chi connectivity index (χ0n) is 16.8. The third kappa shape index (κ3) is 4.71. The number of piperidine rings is 1. The zero-order chi connectivity index (χ0) is 20.3. The van der Waals surface area contributed by atoms with E-state index in [-0.39, 0.29) is 11.8 Å². The number of imidazole rings is 1. The topological polar surface area (TPSA) is 87.0 Å². The molecule has 0 aromatic carbocycles. The molecule has 0 radical (unpaired) electrons. The van der Waals surface area contributed by atoms with Gasteiger partial charge in [0.15, 0.2) is 5.69 Å². The molecule has 1 aliphatic heterocycles. The molecule has 1 aliphatic rings. The first kappa shape index (κ1) is 20.8. The number of sulfonamides is 1. The molecule has 154 valence electrons. The lowest BCUT2D eigenvalue weighted by atomic mass is 9.99. The van der Waals surface area contributed by atoms with E-state index >= 15 is 0 Å². The summed E-state index contributed by atoms with van der Waals surface area (Å²) in [6.07, 6.45) is 5.63. The van der Waals surface area contributed by atoms with Crippen LogP contribution in [0, 0.1) is 0 Å². The van der Waals surface area contributed by atoms with Gasteiger partial charge in [0.2, 0.25) is 10.0 Å². The van der Waals surface area contributed by atoms with Gasteiger partial charge in [0.05, 0.1) is 11.8 Å². The summed E-state index contributed by atoms with van der Waals surface area (Å²) in [6.45, 7) is 2.43. The van der Waals surface area contributed by atoms with Gasteiger partial charge in [0.1, 0.15) is 5.82 Å². The predicted molar refractivity (Wildman–Crippen MR) is 109 cm³/mol. The molecule has 0 bridgehead atoms. The minimum atomic E-state index is -3.24. The number of nitrogens with zero attached hydrogens (tertiary/aromatic N) is 4. The Balaban J connectivity index is 1.83. The molecule has 0 spiro atoms. The van der Waals surface area contributed by atoms with Gasteiger partial charge >= 0.3 is 0 Å². The van der Waals surface area contributed by atoms with Gasteiger partial charge in [-0.2, -0.15) is 0 Å². The Morgan fingerprint density at radius 1 is 1.36 bits per heavy atom. The molecule has 3 rings (SSSR count). The minimum absolute atomic E-state index is 0.0336. The van der Waals surface area contributed by atoms with Gasteiger partial charge in [-0.15, -0.1) is 0 Å². The van der Waals surface area contributed by atoms with E-state index in [0.29, 0.717) is 25.3 Å². The van der Waals surface area contributed by atoms with E-state index in [1.807, 2.05) is 42.9 Å². The van der Waals surface area contributed by atoms with Crippen molar-refractivity contribution in [2.75, 3.05) is 46.5 Å². The molecular weight excluding hydrogens is 378 g/mol. The monoisotopic (exact) mass is 407 g/mol. The van der Waals surface area contributed by atoms with Gasteiger partial charge < -0.3 is 14.6 Å². The lowest BCUT2D eigenvalue weighted by Crippen LogP contribution is -2.38. The molecule has 1 fully saturated rings. The van der Waals surface area contributed by atoms with Crippen LogP contribution in [0.3, 0.4) is 0 Å². The van der Waals surface area contributed by atoms with E-state index in [1.54, 1.807) is 0 Å². The van der Waals surface area contributed by atoms with Gasteiger partial charge in [0.25, 0.3) is 5.91 Å². The molecular formula is C19H29N5O3S. The maximum atomic E-state index is 12.7. The first-order valence-corrected chi connectivity index (χ1v) is 11.5. The normalized spacial score (nSPS) is 18.6. The molecule has 2 aromatic heterocycles. The Bertz CT molecular complexity index is 938. The van der Waals surface area contributed by atoms with Crippen LogP contribution in [0.1, 0.15) is 41.5 Å². The lowest BCUT2D eigenvalue weighted by molar-refractivity contribution is 0.0949. The van der Waals surface area contributed by atoms with E-state index < -0.39 is 10.0 Å². The first-order chi connectivity index (χ1) is 13.3. The Labute approximate surface area is 166 Å². The highest BCUT2D eigenvalue weighted by Crippen LogP contribution is 2.29. The summed E-state index contributed by atoms with van der Waals surface area (Å²) in [6, 6.07) is 5.66. The molecule has 8 nitrogen and oxygen atoms in total. The molecule has 3 heterocycles. The Kier molecular flexibility index (Phi) is 6.36. The quantitative estimate of drug-likeness (QED) is 0.696. The van der Waals surface area contributed by atoms with E-state index in [0.717, 1.165) is 37.1 Å². The summed E-state index contributed by atoms with van der Waals surface area (Å²) in [5.74, 6) is 0.528. The van der Waals surface area contributed by atoms with E-state index in [4.69, 9.17) is 0 Å². The van der Waals surface area contributed by atoms with Crippen molar-refractivity contribution in [1.82, 2.24) is 23.9 Å². The van der Waals surface area contributed by atoms with Crippen molar-refractivity contribution in [2.24, 2.45) is 0 Å². The molecule has 0 aliphatic carbocycles. The van der Waals surface area contributed by atoms with Crippen molar-refractivity contribution in [3.63, 3.8) is 0 Å².